The summed E-state index contributed by atoms with van der Waals surface area (Å²) in [4.78, 5) is 0. The summed E-state index contributed by atoms with van der Waals surface area (Å²) >= 11 is 0. The van der Waals surface area contributed by atoms with Gasteiger partial charge in [0.05, 0.1) is 20.6 Å². The van der Waals surface area contributed by atoms with Crippen molar-refractivity contribution >= 4 is 5.84 Å². The van der Waals surface area contributed by atoms with E-state index in [1.165, 1.54) is 115 Å². The minimum absolute atomic E-state index is 1.15. The quantitative estimate of drug-likeness (QED) is 0.122. The van der Waals surface area contributed by atoms with Crippen LogP contribution in [-0.4, -0.2) is 31.1 Å². The molecule has 0 aliphatic heterocycles. The van der Waals surface area contributed by atoms with Crippen LogP contribution >= 0.6 is 0 Å². The van der Waals surface area contributed by atoms with Gasteiger partial charge in [0, 0.05) is 6.42 Å². The van der Waals surface area contributed by atoms with E-state index in [0.717, 1.165) is 6.54 Å². The molecule has 0 aromatic carbocycles. The van der Waals surface area contributed by atoms with Crippen LogP contribution in [0.3, 0.4) is 0 Å². The first kappa shape index (κ1) is 24.5. The fraction of sp³-hybridized carbons (Fsp3) is 0.957. The molecule has 0 aliphatic rings. The molecule has 2 heteroatoms. The molecule has 0 aliphatic carbocycles. The molecule has 0 amide bonds. The number of nitrogens with one attached hydrogen (secondary N) is 1. The van der Waals surface area contributed by atoms with Crippen LogP contribution in [0.25, 0.3) is 0 Å². The molecule has 0 saturated heterocycles. The largest absolute Gasteiger partial charge is 0.278 e. The van der Waals surface area contributed by atoms with Crippen LogP contribution in [0, 0.1) is 0 Å². The topological polar surface area (TPSA) is 15.0 Å². The zero-order valence-corrected chi connectivity index (χ0v) is 18.2. The van der Waals surface area contributed by atoms with Crippen molar-refractivity contribution < 1.29 is 4.58 Å². The fourth-order valence-corrected chi connectivity index (χ4v) is 3.39. The minimum Gasteiger partial charge on any atom is -0.278 e. The van der Waals surface area contributed by atoms with Crippen molar-refractivity contribution in [1.29, 1.82) is 0 Å². The average Bonchev–Trinajstić information content (AvgIpc) is 2.60. The van der Waals surface area contributed by atoms with E-state index in [1.54, 1.807) is 0 Å². The van der Waals surface area contributed by atoms with Crippen molar-refractivity contribution in [3.05, 3.63) is 0 Å². The predicted molar refractivity (Wildman–Crippen MR) is 115 cm³/mol. The lowest BCUT2D eigenvalue weighted by Crippen LogP contribution is -2.31. The first-order chi connectivity index (χ1) is 12.2. The number of hydrogen-bond donors (Lipinski definition) is 1. The van der Waals surface area contributed by atoms with Gasteiger partial charge >= 0.3 is 0 Å². The van der Waals surface area contributed by atoms with Crippen LogP contribution in [0.5, 0.6) is 0 Å². The second-order valence-corrected chi connectivity index (χ2v) is 7.97. The van der Waals surface area contributed by atoms with Gasteiger partial charge in [-0.3, -0.25) is 9.89 Å². The molecule has 0 unspecified atom stereocenters. The van der Waals surface area contributed by atoms with Crippen LogP contribution in [0.15, 0.2) is 0 Å². The number of rotatable bonds is 18. The third-order valence-electron chi connectivity index (χ3n) is 5.17. The monoisotopic (exact) mass is 353 g/mol. The molecule has 0 radical (unpaired) electrons. The summed E-state index contributed by atoms with van der Waals surface area (Å²) in [5.74, 6) is 1.44. The zero-order valence-electron chi connectivity index (χ0n) is 18.2. The van der Waals surface area contributed by atoms with E-state index in [0.29, 0.717) is 0 Å². The van der Waals surface area contributed by atoms with Crippen LogP contribution < -0.4 is 5.32 Å². The van der Waals surface area contributed by atoms with Gasteiger partial charge in [-0.1, -0.05) is 97.3 Å². The van der Waals surface area contributed by atoms with E-state index in [-0.39, 0.29) is 0 Å². The van der Waals surface area contributed by atoms with Crippen molar-refractivity contribution in [1.82, 2.24) is 5.32 Å². The Labute approximate surface area is 159 Å². The Morgan fingerprint density at radius 2 is 0.960 bits per heavy atom. The van der Waals surface area contributed by atoms with E-state index < -0.39 is 0 Å². The van der Waals surface area contributed by atoms with Gasteiger partial charge in [0.15, 0.2) is 0 Å². The van der Waals surface area contributed by atoms with Crippen molar-refractivity contribution in [3.63, 3.8) is 0 Å². The fourth-order valence-electron chi connectivity index (χ4n) is 3.39. The number of unbranched alkanes of at least 4 members (excludes halogenated alkanes) is 14. The molecule has 0 aromatic rings. The smallest absolute Gasteiger partial charge is 0.244 e. The SMILES string of the molecule is CCCCCCCCCCCNC(CCCCCCCCC)=[N+](C)C. The Kier molecular flexibility index (Phi) is 19.4. The Hall–Kier alpha value is -0.530. The molecular formula is C23H49N2+. The lowest BCUT2D eigenvalue weighted by Gasteiger charge is -2.07. The molecule has 0 atom stereocenters. The third-order valence-corrected chi connectivity index (χ3v) is 5.17. The van der Waals surface area contributed by atoms with Crippen LogP contribution in [0.2, 0.25) is 0 Å². The van der Waals surface area contributed by atoms with E-state index in [9.17, 15) is 0 Å². The van der Waals surface area contributed by atoms with E-state index in [2.05, 4.69) is 37.8 Å². The first-order valence-electron chi connectivity index (χ1n) is 11.5. The summed E-state index contributed by atoms with van der Waals surface area (Å²) in [6, 6.07) is 0. The van der Waals surface area contributed by atoms with Crippen molar-refractivity contribution in [2.24, 2.45) is 0 Å². The molecule has 2 nitrogen and oxygen atoms in total. The Morgan fingerprint density at radius 3 is 1.40 bits per heavy atom. The van der Waals surface area contributed by atoms with Gasteiger partial charge in [-0.2, -0.15) is 0 Å². The summed E-state index contributed by atoms with van der Waals surface area (Å²) in [5.41, 5.74) is 0. The second kappa shape index (κ2) is 19.8. The van der Waals surface area contributed by atoms with Gasteiger partial charge in [0.2, 0.25) is 5.84 Å². The van der Waals surface area contributed by atoms with Gasteiger partial charge < -0.3 is 0 Å². The highest BCUT2D eigenvalue weighted by Gasteiger charge is 2.07. The number of nitrogens with zero attached hydrogens (tertiary/aromatic N) is 1. The molecule has 0 fully saturated rings. The average molecular weight is 354 g/mol. The molecule has 0 bridgehead atoms. The highest BCUT2D eigenvalue weighted by molar-refractivity contribution is 5.77. The highest BCUT2D eigenvalue weighted by Crippen LogP contribution is 2.10. The minimum atomic E-state index is 1.15. The Morgan fingerprint density at radius 1 is 0.560 bits per heavy atom. The van der Waals surface area contributed by atoms with Gasteiger partial charge in [-0.25, -0.2) is 0 Å². The molecule has 0 heterocycles. The molecule has 0 spiro atoms. The second-order valence-electron chi connectivity index (χ2n) is 7.97. The maximum Gasteiger partial charge on any atom is 0.244 e. The molecule has 0 saturated carbocycles. The van der Waals surface area contributed by atoms with Gasteiger partial charge in [-0.05, 0) is 19.3 Å². The summed E-state index contributed by atoms with van der Waals surface area (Å²) in [6.07, 6.45) is 23.7. The summed E-state index contributed by atoms with van der Waals surface area (Å²) in [7, 11) is 4.36. The van der Waals surface area contributed by atoms with E-state index in [1.807, 2.05) is 0 Å². The molecule has 0 aromatic heterocycles. The van der Waals surface area contributed by atoms with Crippen LogP contribution in [0.1, 0.15) is 123 Å². The van der Waals surface area contributed by atoms with Crippen LogP contribution in [-0.2, 0) is 0 Å². The molecular weight excluding hydrogens is 304 g/mol. The van der Waals surface area contributed by atoms with Crippen molar-refractivity contribution in [2.75, 3.05) is 20.6 Å². The summed E-state index contributed by atoms with van der Waals surface area (Å²) < 4.78 is 2.28. The third kappa shape index (κ3) is 18.1. The molecule has 0 rings (SSSR count). The normalized spacial score (nSPS) is 10.9. The van der Waals surface area contributed by atoms with Crippen molar-refractivity contribution in [3.8, 4) is 0 Å². The first-order valence-corrected chi connectivity index (χ1v) is 11.5. The lowest BCUT2D eigenvalue weighted by atomic mass is 10.1. The standard InChI is InChI=1S/C23H48N2/c1-5-7-9-11-13-14-16-18-20-22-24-23(25(3)4)21-19-17-15-12-10-8-6-2/h5-22H2,1-4H3/p+1. The maximum atomic E-state index is 3.69. The van der Waals surface area contributed by atoms with Crippen molar-refractivity contribution in [2.45, 2.75) is 123 Å². The maximum absolute atomic E-state index is 3.69. The summed E-state index contributed by atoms with van der Waals surface area (Å²) in [6.45, 7) is 5.73. The van der Waals surface area contributed by atoms with Gasteiger partial charge in [0.1, 0.15) is 0 Å². The Bertz CT molecular complexity index is 292. The molecule has 150 valence electrons. The molecule has 1 N–H and O–H groups in total. The van der Waals surface area contributed by atoms with Crippen LogP contribution in [0.4, 0.5) is 0 Å². The van der Waals surface area contributed by atoms with E-state index >= 15 is 0 Å². The van der Waals surface area contributed by atoms with Gasteiger partial charge in [0.25, 0.3) is 0 Å². The number of amidine groups is 1. The lowest BCUT2D eigenvalue weighted by molar-refractivity contribution is -0.468. The van der Waals surface area contributed by atoms with Gasteiger partial charge in [-0.15, -0.1) is 0 Å². The summed E-state index contributed by atoms with van der Waals surface area (Å²) in [5, 5.41) is 3.69. The Balaban J connectivity index is 3.51. The zero-order chi connectivity index (χ0) is 18.6. The number of hydrogen-bond acceptors (Lipinski definition) is 0. The van der Waals surface area contributed by atoms with E-state index in [4.69, 9.17) is 0 Å². The molecule has 25 heavy (non-hydrogen) atoms. The predicted octanol–water partition coefficient (Wildman–Crippen LogP) is 6.92. The highest BCUT2D eigenvalue weighted by atomic mass is 15.1.